The van der Waals surface area contributed by atoms with Gasteiger partial charge in [-0.05, 0) is 12.1 Å². The number of methoxy groups -OCH3 is 1. The molecule has 6 nitrogen and oxygen atoms in total. The second-order valence-corrected chi connectivity index (χ2v) is 4.18. The molecule has 0 aliphatic carbocycles. The van der Waals surface area contributed by atoms with E-state index in [1.807, 2.05) is 36.2 Å². The minimum atomic E-state index is -0.249. The van der Waals surface area contributed by atoms with Crippen LogP contribution in [0.1, 0.15) is 5.69 Å². The molecule has 0 atom stereocenters. The highest BCUT2D eigenvalue weighted by Gasteiger charge is 2.06. The molecule has 0 aliphatic rings. The third kappa shape index (κ3) is 3.25. The summed E-state index contributed by atoms with van der Waals surface area (Å²) in [5.41, 5.74) is 6.86. The van der Waals surface area contributed by atoms with Gasteiger partial charge in [0, 0.05) is 24.9 Å². The maximum absolute atomic E-state index is 11.3. The first-order chi connectivity index (χ1) is 9.08. The zero-order valence-electron chi connectivity index (χ0n) is 10.9. The monoisotopic (exact) mass is 260 g/mol. The zero-order chi connectivity index (χ0) is 13.8. The van der Waals surface area contributed by atoms with Crippen LogP contribution in [0.3, 0.4) is 0 Å². The molecule has 0 radical (unpaired) electrons. The number of anilines is 2. The summed E-state index contributed by atoms with van der Waals surface area (Å²) >= 11 is 0. The van der Waals surface area contributed by atoms with Gasteiger partial charge in [-0.15, -0.1) is 0 Å². The number of aromatic nitrogens is 2. The Morgan fingerprint density at radius 2 is 2.21 bits per heavy atom. The number of nitrogens with zero attached hydrogens (tertiary/aromatic N) is 2. The summed E-state index contributed by atoms with van der Waals surface area (Å²) in [4.78, 5) is 19.8. The second kappa shape index (κ2) is 5.43. The van der Waals surface area contributed by atoms with Crippen LogP contribution in [0.25, 0.3) is 0 Å². The van der Waals surface area contributed by atoms with E-state index in [9.17, 15) is 4.79 Å². The van der Waals surface area contributed by atoms with Crippen LogP contribution in [0.15, 0.2) is 35.1 Å². The van der Waals surface area contributed by atoms with Gasteiger partial charge in [0.1, 0.15) is 5.75 Å². The van der Waals surface area contributed by atoms with Crippen molar-refractivity contribution in [2.75, 3.05) is 24.8 Å². The average molecular weight is 260 g/mol. The van der Waals surface area contributed by atoms with Crippen molar-refractivity contribution in [3.63, 3.8) is 0 Å². The number of nitrogens with one attached hydrogen (secondary N) is 1. The van der Waals surface area contributed by atoms with Crippen molar-refractivity contribution in [2.45, 2.75) is 6.54 Å². The number of H-pyrrole nitrogens is 1. The van der Waals surface area contributed by atoms with Crippen LogP contribution in [-0.4, -0.2) is 24.1 Å². The highest BCUT2D eigenvalue weighted by molar-refractivity contribution is 5.50. The molecule has 2 rings (SSSR count). The van der Waals surface area contributed by atoms with Crippen molar-refractivity contribution in [1.29, 1.82) is 0 Å². The van der Waals surface area contributed by atoms with E-state index in [-0.39, 0.29) is 11.5 Å². The lowest BCUT2D eigenvalue weighted by molar-refractivity contribution is 0.415. The summed E-state index contributed by atoms with van der Waals surface area (Å²) in [5.74, 6) is 0.907. The lowest BCUT2D eigenvalue weighted by Gasteiger charge is -2.19. The zero-order valence-corrected chi connectivity index (χ0v) is 10.9. The number of aromatic amines is 1. The van der Waals surface area contributed by atoms with E-state index in [0.717, 1.165) is 11.4 Å². The Morgan fingerprint density at radius 1 is 1.42 bits per heavy atom. The molecule has 1 aromatic carbocycles. The third-order valence-corrected chi connectivity index (χ3v) is 2.71. The van der Waals surface area contributed by atoms with Crippen LogP contribution in [0.4, 0.5) is 11.6 Å². The summed E-state index contributed by atoms with van der Waals surface area (Å²) < 4.78 is 5.18. The molecule has 1 aromatic heterocycles. The Kier molecular flexibility index (Phi) is 3.70. The topological polar surface area (TPSA) is 84.2 Å². The first-order valence-corrected chi connectivity index (χ1v) is 5.79. The molecule has 0 bridgehead atoms. The smallest absolute Gasteiger partial charge is 0.252 e. The van der Waals surface area contributed by atoms with Crippen LogP contribution in [0.2, 0.25) is 0 Å². The molecule has 0 amide bonds. The Hall–Kier alpha value is -2.50. The fraction of sp³-hybridized carbons (Fsp3) is 0.231. The van der Waals surface area contributed by atoms with Gasteiger partial charge in [0.2, 0.25) is 5.95 Å². The van der Waals surface area contributed by atoms with E-state index in [2.05, 4.69) is 9.97 Å². The van der Waals surface area contributed by atoms with E-state index in [1.54, 1.807) is 7.11 Å². The van der Waals surface area contributed by atoms with Crippen LogP contribution >= 0.6 is 0 Å². The lowest BCUT2D eigenvalue weighted by Crippen LogP contribution is -2.20. The fourth-order valence-corrected chi connectivity index (χ4v) is 1.79. The number of ether oxygens (including phenoxy) is 1. The van der Waals surface area contributed by atoms with Crippen LogP contribution in [0, 0.1) is 0 Å². The average Bonchev–Trinajstić information content (AvgIpc) is 2.37. The molecular weight excluding hydrogens is 244 g/mol. The number of nitrogen functional groups attached to an aromatic ring is 1. The van der Waals surface area contributed by atoms with Gasteiger partial charge in [-0.25, -0.2) is 4.98 Å². The van der Waals surface area contributed by atoms with Gasteiger partial charge in [0.05, 0.1) is 19.3 Å². The summed E-state index contributed by atoms with van der Waals surface area (Å²) in [6.07, 6.45) is 0. The molecule has 0 saturated heterocycles. The lowest BCUT2D eigenvalue weighted by atomic mass is 10.2. The van der Waals surface area contributed by atoms with Gasteiger partial charge in [0.25, 0.3) is 5.56 Å². The predicted octanol–water partition coefficient (Wildman–Crippen LogP) is 0.997. The van der Waals surface area contributed by atoms with Gasteiger partial charge in [0.15, 0.2) is 0 Å². The van der Waals surface area contributed by atoms with Crippen molar-refractivity contribution in [1.82, 2.24) is 9.97 Å². The SMILES string of the molecule is COc1cccc(N(C)Cc2cc(=O)[nH]c(N)n2)c1. The molecule has 0 unspecified atom stereocenters. The minimum absolute atomic E-state index is 0.126. The summed E-state index contributed by atoms with van der Waals surface area (Å²) in [7, 11) is 3.53. The van der Waals surface area contributed by atoms with E-state index < -0.39 is 0 Å². The molecule has 0 aliphatic heterocycles. The molecule has 100 valence electrons. The molecule has 0 fully saturated rings. The Balaban J connectivity index is 2.20. The van der Waals surface area contributed by atoms with E-state index >= 15 is 0 Å². The highest BCUT2D eigenvalue weighted by atomic mass is 16.5. The van der Waals surface area contributed by atoms with Gasteiger partial charge < -0.3 is 15.4 Å². The van der Waals surface area contributed by atoms with Gasteiger partial charge in [-0.1, -0.05) is 6.07 Å². The summed E-state index contributed by atoms with van der Waals surface area (Å²) in [6, 6.07) is 9.09. The number of nitrogens with two attached hydrogens (primary N) is 1. The third-order valence-electron chi connectivity index (χ3n) is 2.71. The van der Waals surface area contributed by atoms with Gasteiger partial charge >= 0.3 is 0 Å². The van der Waals surface area contributed by atoms with Crippen molar-refractivity contribution in [3.8, 4) is 5.75 Å². The maximum Gasteiger partial charge on any atom is 0.252 e. The van der Waals surface area contributed by atoms with E-state index in [1.165, 1.54) is 6.07 Å². The Labute approximate surface area is 110 Å². The fourth-order valence-electron chi connectivity index (χ4n) is 1.79. The number of benzene rings is 1. The first-order valence-electron chi connectivity index (χ1n) is 5.79. The maximum atomic E-state index is 11.3. The molecule has 0 saturated carbocycles. The number of rotatable bonds is 4. The van der Waals surface area contributed by atoms with Crippen molar-refractivity contribution < 1.29 is 4.74 Å². The first kappa shape index (κ1) is 12.9. The standard InChI is InChI=1S/C13H16N4O2/c1-17(10-4-3-5-11(7-10)19-2)8-9-6-12(18)16-13(14)15-9/h3-7H,8H2,1-2H3,(H3,14,15,16,18). The largest absolute Gasteiger partial charge is 0.497 e. The molecular formula is C13H16N4O2. The molecule has 1 heterocycles. The van der Waals surface area contributed by atoms with Crippen LogP contribution in [0.5, 0.6) is 5.75 Å². The normalized spacial score (nSPS) is 10.2. The van der Waals surface area contributed by atoms with E-state index in [0.29, 0.717) is 12.2 Å². The van der Waals surface area contributed by atoms with Crippen molar-refractivity contribution >= 4 is 11.6 Å². The van der Waals surface area contributed by atoms with Crippen molar-refractivity contribution in [2.24, 2.45) is 0 Å². The Bertz CT molecular complexity index is 624. The van der Waals surface area contributed by atoms with Gasteiger partial charge in [-0.3, -0.25) is 9.78 Å². The molecule has 19 heavy (non-hydrogen) atoms. The highest BCUT2D eigenvalue weighted by Crippen LogP contribution is 2.20. The summed E-state index contributed by atoms with van der Waals surface area (Å²) in [5, 5.41) is 0. The minimum Gasteiger partial charge on any atom is -0.497 e. The van der Waals surface area contributed by atoms with Gasteiger partial charge in [-0.2, -0.15) is 0 Å². The number of hydrogen-bond acceptors (Lipinski definition) is 5. The molecule has 3 N–H and O–H groups in total. The molecule has 2 aromatic rings. The quantitative estimate of drug-likeness (QED) is 0.856. The summed E-state index contributed by atoms with van der Waals surface area (Å²) in [6.45, 7) is 0.487. The van der Waals surface area contributed by atoms with Crippen molar-refractivity contribution in [3.05, 3.63) is 46.4 Å². The molecule has 6 heteroatoms. The predicted molar refractivity (Wildman–Crippen MR) is 74.4 cm³/mol. The second-order valence-electron chi connectivity index (χ2n) is 4.18. The van der Waals surface area contributed by atoms with Crippen LogP contribution < -0.4 is 20.9 Å². The molecule has 0 spiro atoms. The van der Waals surface area contributed by atoms with Crippen LogP contribution in [-0.2, 0) is 6.54 Å². The Morgan fingerprint density at radius 3 is 2.89 bits per heavy atom. The number of hydrogen-bond donors (Lipinski definition) is 2. The van der Waals surface area contributed by atoms with E-state index in [4.69, 9.17) is 10.5 Å².